The molecule has 2 aliphatic heterocycles. The molecule has 1 fully saturated rings. The second-order valence-corrected chi connectivity index (χ2v) is 13.7. The number of carbonyl (C=O) groups is 5. The molecule has 0 spiro atoms. The fourth-order valence-electron chi connectivity index (χ4n) is 5.42. The Bertz CT molecular complexity index is 1720. The Morgan fingerprint density at radius 1 is 0.940 bits per heavy atom. The van der Waals surface area contributed by atoms with Gasteiger partial charge in [0.05, 0.1) is 6.42 Å². The van der Waals surface area contributed by atoms with Crippen LogP contribution in [0, 0.1) is 0 Å². The van der Waals surface area contributed by atoms with Gasteiger partial charge in [-0.1, -0.05) is 104 Å². The zero-order valence-corrected chi connectivity index (χ0v) is 28.8. The fourth-order valence-corrected chi connectivity index (χ4v) is 6.76. The van der Waals surface area contributed by atoms with E-state index in [4.69, 9.17) is 14.2 Å². The van der Waals surface area contributed by atoms with Gasteiger partial charge < -0.3 is 24.8 Å². The van der Waals surface area contributed by atoms with Gasteiger partial charge in [-0.25, -0.2) is 14.4 Å². The Labute approximate surface area is 295 Å². The molecular weight excluding hydrogens is 658 g/mol. The van der Waals surface area contributed by atoms with Crippen molar-refractivity contribution in [2.24, 2.45) is 0 Å². The zero-order chi connectivity index (χ0) is 35.8. The largest absolute Gasteiger partial charge is 0.458 e. The highest BCUT2D eigenvalue weighted by atomic mass is 32.2. The number of nitrogens with one attached hydrogen (secondary N) is 2. The molecule has 2 unspecified atom stereocenters. The molecule has 1 saturated heterocycles. The quantitative estimate of drug-likeness (QED) is 0.155. The van der Waals surface area contributed by atoms with E-state index in [0.717, 1.165) is 5.56 Å². The molecule has 0 bridgehead atoms. The van der Waals surface area contributed by atoms with Gasteiger partial charge in [0.1, 0.15) is 29.3 Å². The third-order valence-corrected chi connectivity index (χ3v) is 9.06. The highest BCUT2D eigenvalue weighted by molar-refractivity contribution is 8.00. The van der Waals surface area contributed by atoms with Crippen LogP contribution in [0.1, 0.15) is 43.6 Å². The van der Waals surface area contributed by atoms with Crippen molar-refractivity contribution in [3.05, 3.63) is 132 Å². The van der Waals surface area contributed by atoms with Crippen LogP contribution in [0.3, 0.4) is 0 Å². The number of hydrogen-bond donors (Lipinski definition) is 2. The number of benzene rings is 3. The van der Waals surface area contributed by atoms with Crippen LogP contribution in [0.4, 0.5) is 4.79 Å². The molecule has 0 aliphatic carbocycles. The predicted octanol–water partition coefficient (Wildman–Crippen LogP) is 4.84. The molecule has 11 nitrogen and oxygen atoms in total. The van der Waals surface area contributed by atoms with E-state index in [1.54, 1.807) is 20.8 Å². The number of thioether (sulfide) groups is 1. The lowest BCUT2D eigenvalue weighted by molar-refractivity contribution is -0.157. The van der Waals surface area contributed by atoms with Gasteiger partial charge in [-0.05, 0) is 43.0 Å². The van der Waals surface area contributed by atoms with E-state index in [9.17, 15) is 24.0 Å². The Kier molecular flexibility index (Phi) is 11.4. The number of fused-ring (bicyclic) bond motifs is 1. The van der Waals surface area contributed by atoms with Gasteiger partial charge in [0.25, 0.3) is 5.91 Å². The molecule has 3 aromatic carbocycles. The molecule has 3 aromatic rings. The average Bonchev–Trinajstić information content (AvgIpc) is 3.10. The molecule has 0 saturated carbocycles. The van der Waals surface area contributed by atoms with Crippen molar-refractivity contribution in [3.63, 3.8) is 0 Å². The summed E-state index contributed by atoms with van der Waals surface area (Å²) in [5.41, 5.74) is 1.70. The minimum absolute atomic E-state index is 0.0434. The Hall–Kier alpha value is -5.36. The normalized spacial score (nSPS) is 17.5. The van der Waals surface area contributed by atoms with E-state index >= 15 is 0 Å². The van der Waals surface area contributed by atoms with Crippen LogP contribution in [0.5, 0.6) is 0 Å². The average molecular weight is 698 g/mol. The zero-order valence-electron chi connectivity index (χ0n) is 28.0. The lowest BCUT2D eigenvalue weighted by atomic mass is 10.0. The first kappa shape index (κ1) is 35.9. The monoisotopic (exact) mass is 697 g/mol. The van der Waals surface area contributed by atoms with Crippen LogP contribution in [-0.4, -0.2) is 70.2 Å². The molecule has 0 radical (unpaired) electrons. The summed E-state index contributed by atoms with van der Waals surface area (Å²) >= 11 is 1.38. The Morgan fingerprint density at radius 3 is 2.08 bits per heavy atom. The molecular formula is C38H39N3O8S. The Balaban J connectivity index is 1.31. The highest BCUT2D eigenvalue weighted by Crippen LogP contribution is 2.41. The number of allylic oxidation sites excluding steroid dienone is 1. The van der Waals surface area contributed by atoms with Crippen LogP contribution in [0.15, 0.2) is 115 Å². The number of hydrogen-bond acceptors (Lipinski definition) is 9. The maximum atomic E-state index is 13.7. The SMILES string of the molecule is C=CC1=C(C(=O)OCC(NC(=O)OC(C)(C)C)C(=O)OC(c2ccccc2)c2ccccc2)N2C(=O)C(NC(=O)Cc3ccccc3)[C@H]2SC1. The van der Waals surface area contributed by atoms with Crippen LogP contribution < -0.4 is 10.6 Å². The van der Waals surface area contributed by atoms with Gasteiger partial charge in [0.15, 0.2) is 12.1 Å². The predicted molar refractivity (Wildman–Crippen MR) is 187 cm³/mol. The summed E-state index contributed by atoms with van der Waals surface area (Å²) < 4.78 is 16.9. The van der Waals surface area contributed by atoms with Gasteiger partial charge in [-0.3, -0.25) is 14.5 Å². The van der Waals surface area contributed by atoms with E-state index in [-0.39, 0.29) is 18.0 Å². The van der Waals surface area contributed by atoms with Crippen molar-refractivity contribution in [3.8, 4) is 0 Å². The second kappa shape index (κ2) is 15.9. The van der Waals surface area contributed by atoms with Crippen LogP contribution in [-0.2, 0) is 39.8 Å². The number of amides is 3. The van der Waals surface area contributed by atoms with E-state index in [0.29, 0.717) is 22.5 Å². The van der Waals surface area contributed by atoms with E-state index in [1.807, 2.05) is 91.0 Å². The summed E-state index contributed by atoms with van der Waals surface area (Å²) in [6.45, 7) is 8.17. The van der Waals surface area contributed by atoms with Crippen molar-refractivity contribution in [1.82, 2.24) is 15.5 Å². The van der Waals surface area contributed by atoms with Crippen molar-refractivity contribution in [1.29, 1.82) is 0 Å². The maximum Gasteiger partial charge on any atom is 0.408 e. The van der Waals surface area contributed by atoms with Crippen molar-refractivity contribution < 1.29 is 38.2 Å². The highest BCUT2D eigenvalue weighted by Gasteiger charge is 2.54. The lowest BCUT2D eigenvalue weighted by Gasteiger charge is -2.49. The van der Waals surface area contributed by atoms with E-state index in [1.165, 1.54) is 22.7 Å². The summed E-state index contributed by atoms with van der Waals surface area (Å²) in [6.07, 6.45) is -0.188. The van der Waals surface area contributed by atoms with Gasteiger partial charge >= 0.3 is 18.0 Å². The molecule has 0 aromatic heterocycles. The number of nitrogens with zero attached hydrogens (tertiary/aromatic N) is 1. The second-order valence-electron chi connectivity index (χ2n) is 12.6. The number of rotatable bonds is 12. The standard InChI is InChI=1S/C38H39N3O8S/c1-5-25-23-50-34-30(40-29(42)21-24-15-9-6-10-16-24)33(43)41(34)31(25)36(45)47-22-28(39-37(46)49-38(2,3)4)35(44)48-32(26-17-11-7-12-18-26)27-19-13-8-14-20-27/h5-20,28,30,32,34H,1,21-23H2,2-4H3,(H,39,46)(H,40,42)/t28?,30?,34-/m1/s1. The molecule has 2 N–H and O–H groups in total. The smallest absolute Gasteiger partial charge is 0.408 e. The molecule has 50 heavy (non-hydrogen) atoms. The minimum Gasteiger partial charge on any atom is -0.458 e. The van der Waals surface area contributed by atoms with E-state index < -0.39 is 59.7 Å². The molecule has 260 valence electrons. The molecule has 12 heteroatoms. The Morgan fingerprint density at radius 2 is 1.52 bits per heavy atom. The molecule has 2 aliphatic rings. The van der Waals surface area contributed by atoms with Crippen LogP contribution >= 0.6 is 11.8 Å². The number of esters is 2. The molecule has 3 atom stereocenters. The fraction of sp³-hybridized carbons (Fsp3) is 0.289. The van der Waals surface area contributed by atoms with Gasteiger partial charge in [-0.2, -0.15) is 0 Å². The summed E-state index contributed by atoms with van der Waals surface area (Å²) in [6, 6.07) is 25.0. The number of ether oxygens (including phenoxy) is 3. The molecule has 2 heterocycles. The summed E-state index contributed by atoms with van der Waals surface area (Å²) in [5, 5.41) is 4.71. The summed E-state index contributed by atoms with van der Waals surface area (Å²) in [4.78, 5) is 67.6. The first-order valence-electron chi connectivity index (χ1n) is 16.1. The van der Waals surface area contributed by atoms with Crippen LogP contribution in [0.25, 0.3) is 0 Å². The maximum absolute atomic E-state index is 13.7. The first-order valence-corrected chi connectivity index (χ1v) is 17.1. The van der Waals surface area contributed by atoms with Gasteiger partial charge in [0, 0.05) is 5.75 Å². The summed E-state index contributed by atoms with van der Waals surface area (Å²) in [5.74, 6) is -2.26. The number of carbonyl (C=O) groups excluding carboxylic acids is 5. The van der Waals surface area contributed by atoms with Crippen molar-refractivity contribution >= 4 is 41.6 Å². The number of β-lactam (4-membered cyclic amide) rings is 1. The lowest BCUT2D eigenvalue weighted by Crippen LogP contribution is -2.70. The number of alkyl carbamates (subject to hydrolysis) is 1. The topological polar surface area (TPSA) is 140 Å². The third-order valence-electron chi connectivity index (χ3n) is 7.76. The first-order chi connectivity index (χ1) is 23.9. The van der Waals surface area contributed by atoms with Crippen molar-refractivity contribution in [2.75, 3.05) is 12.4 Å². The molecule has 3 amide bonds. The minimum atomic E-state index is -1.47. The van der Waals surface area contributed by atoms with E-state index in [2.05, 4.69) is 17.2 Å². The van der Waals surface area contributed by atoms with Gasteiger partial charge in [-0.15, -0.1) is 11.8 Å². The van der Waals surface area contributed by atoms with Crippen LogP contribution in [0.2, 0.25) is 0 Å². The summed E-state index contributed by atoms with van der Waals surface area (Å²) in [7, 11) is 0. The van der Waals surface area contributed by atoms with Crippen molar-refractivity contribution in [2.45, 2.75) is 56.4 Å². The van der Waals surface area contributed by atoms with Gasteiger partial charge in [0.2, 0.25) is 5.91 Å². The molecule has 5 rings (SSSR count). The third kappa shape index (κ3) is 8.80.